The van der Waals surface area contributed by atoms with E-state index in [0.29, 0.717) is 6.54 Å². The fourth-order valence-electron chi connectivity index (χ4n) is 2.55. The zero-order valence-corrected chi connectivity index (χ0v) is 10.9. The van der Waals surface area contributed by atoms with Gasteiger partial charge in [0.05, 0.1) is 10.6 Å². The van der Waals surface area contributed by atoms with Gasteiger partial charge in [0.25, 0.3) is 0 Å². The number of imidazole rings is 1. The normalized spacial score (nSPS) is 14.9. The molecule has 4 heteroatoms. The van der Waals surface area contributed by atoms with Crippen LogP contribution in [-0.4, -0.2) is 9.55 Å². The summed E-state index contributed by atoms with van der Waals surface area (Å²) in [5, 5.41) is 2.13. The Labute approximate surface area is 105 Å². The monoisotopic (exact) mass is 247 g/mol. The minimum absolute atomic E-state index is 0.583. The maximum Gasteiger partial charge on any atom is 0.109 e. The maximum atomic E-state index is 5.92. The Kier molecular flexibility index (Phi) is 2.76. The highest BCUT2D eigenvalue weighted by molar-refractivity contribution is 7.13. The van der Waals surface area contributed by atoms with Crippen molar-refractivity contribution in [2.45, 2.75) is 39.3 Å². The number of rotatable bonds is 2. The molecule has 2 aromatic heterocycles. The lowest BCUT2D eigenvalue weighted by Crippen LogP contribution is -2.15. The zero-order chi connectivity index (χ0) is 11.8. The van der Waals surface area contributed by atoms with Gasteiger partial charge in [0.2, 0.25) is 0 Å². The van der Waals surface area contributed by atoms with Gasteiger partial charge in [-0.05, 0) is 36.8 Å². The summed E-state index contributed by atoms with van der Waals surface area (Å²) < 4.78 is 2.33. The third-order valence-electron chi connectivity index (χ3n) is 3.45. The molecule has 90 valence electrons. The molecule has 3 rings (SSSR count). The van der Waals surface area contributed by atoms with E-state index in [1.165, 1.54) is 34.8 Å². The summed E-state index contributed by atoms with van der Waals surface area (Å²) in [5.41, 5.74) is 9.56. The number of fused-ring (bicyclic) bond motifs is 1. The highest BCUT2D eigenvalue weighted by Gasteiger charge is 2.20. The van der Waals surface area contributed by atoms with Crippen molar-refractivity contribution in [3.05, 3.63) is 28.5 Å². The van der Waals surface area contributed by atoms with Gasteiger partial charge in [-0.25, -0.2) is 4.98 Å². The summed E-state index contributed by atoms with van der Waals surface area (Å²) in [6.45, 7) is 3.81. The molecule has 3 heterocycles. The molecule has 0 aromatic carbocycles. The van der Waals surface area contributed by atoms with Crippen molar-refractivity contribution in [3.63, 3.8) is 0 Å². The predicted molar refractivity (Wildman–Crippen MR) is 71.1 cm³/mol. The van der Waals surface area contributed by atoms with Gasteiger partial charge < -0.3 is 10.3 Å². The van der Waals surface area contributed by atoms with Crippen LogP contribution >= 0.6 is 11.3 Å². The number of hydrogen-bond acceptors (Lipinski definition) is 3. The fourth-order valence-corrected chi connectivity index (χ4v) is 3.49. The van der Waals surface area contributed by atoms with Gasteiger partial charge in [0.15, 0.2) is 0 Å². The van der Waals surface area contributed by atoms with E-state index in [2.05, 4.69) is 22.9 Å². The van der Waals surface area contributed by atoms with Crippen LogP contribution in [0.15, 0.2) is 11.4 Å². The third kappa shape index (κ3) is 1.72. The van der Waals surface area contributed by atoms with E-state index in [1.54, 1.807) is 11.3 Å². The molecule has 1 aliphatic heterocycles. The van der Waals surface area contributed by atoms with E-state index in [4.69, 9.17) is 10.7 Å². The van der Waals surface area contributed by atoms with E-state index in [0.717, 1.165) is 18.7 Å². The van der Waals surface area contributed by atoms with E-state index in [1.807, 2.05) is 0 Å². The first-order chi connectivity index (χ1) is 8.31. The largest absolute Gasteiger partial charge is 0.330 e. The van der Waals surface area contributed by atoms with Crippen molar-refractivity contribution in [2.75, 3.05) is 0 Å². The zero-order valence-electron chi connectivity index (χ0n) is 10.1. The molecule has 0 saturated heterocycles. The molecular formula is C13H17N3S. The molecule has 0 atom stereocenters. The average Bonchev–Trinajstić information content (AvgIpc) is 2.91. The molecule has 2 N–H and O–H groups in total. The minimum Gasteiger partial charge on any atom is -0.330 e. The summed E-state index contributed by atoms with van der Waals surface area (Å²) in [7, 11) is 0. The molecule has 0 amide bonds. The average molecular weight is 247 g/mol. The summed E-state index contributed by atoms with van der Waals surface area (Å²) in [6, 6.07) is 2.15. The summed E-state index contributed by atoms with van der Waals surface area (Å²) in [4.78, 5) is 6.10. The Balaban J connectivity index is 2.17. The van der Waals surface area contributed by atoms with Crippen LogP contribution in [0.4, 0.5) is 0 Å². The SMILES string of the molecule is Cc1ccsc1-c1nc2n(c1CN)CCCC2. The van der Waals surface area contributed by atoms with Crippen molar-refractivity contribution in [2.24, 2.45) is 5.73 Å². The number of nitrogens with two attached hydrogens (primary N) is 1. The van der Waals surface area contributed by atoms with E-state index in [9.17, 15) is 0 Å². The van der Waals surface area contributed by atoms with Crippen molar-refractivity contribution >= 4 is 11.3 Å². The number of aryl methyl sites for hydroxylation is 2. The van der Waals surface area contributed by atoms with Crippen molar-refractivity contribution in [3.8, 4) is 10.6 Å². The minimum atomic E-state index is 0.583. The van der Waals surface area contributed by atoms with Crippen molar-refractivity contribution in [1.82, 2.24) is 9.55 Å². The molecule has 2 aromatic rings. The van der Waals surface area contributed by atoms with Crippen LogP contribution in [0.1, 0.15) is 29.9 Å². The van der Waals surface area contributed by atoms with Crippen LogP contribution in [0.25, 0.3) is 10.6 Å². The maximum absolute atomic E-state index is 5.92. The van der Waals surface area contributed by atoms with Crippen LogP contribution in [0, 0.1) is 6.92 Å². The topological polar surface area (TPSA) is 43.8 Å². The standard InChI is InChI=1S/C13H17N3S/c1-9-5-7-17-13(9)12-10(8-14)16-6-3-2-4-11(16)15-12/h5,7H,2-4,6,8,14H2,1H3. The van der Waals surface area contributed by atoms with Gasteiger partial charge in [-0.1, -0.05) is 0 Å². The molecule has 0 fully saturated rings. The van der Waals surface area contributed by atoms with E-state index >= 15 is 0 Å². The van der Waals surface area contributed by atoms with Crippen LogP contribution in [-0.2, 0) is 19.5 Å². The molecular weight excluding hydrogens is 230 g/mol. The molecule has 0 spiro atoms. The van der Waals surface area contributed by atoms with Gasteiger partial charge in [0, 0.05) is 19.5 Å². The Morgan fingerprint density at radius 3 is 3.06 bits per heavy atom. The lowest BCUT2D eigenvalue weighted by molar-refractivity contribution is 0.509. The second kappa shape index (κ2) is 4.27. The van der Waals surface area contributed by atoms with Crippen LogP contribution in [0.5, 0.6) is 0 Å². The molecule has 3 nitrogen and oxygen atoms in total. The summed E-state index contributed by atoms with van der Waals surface area (Å²) in [6.07, 6.45) is 3.60. The smallest absolute Gasteiger partial charge is 0.109 e. The van der Waals surface area contributed by atoms with Crippen LogP contribution in [0.2, 0.25) is 0 Å². The summed E-state index contributed by atoms with van der Waals surface area (Å²) in [5.74, 6) is 1.22. The van der Waals surface area contributed by atoms with Crippen molar-refractivity contribution < 1.29 is 0 Å². The molecule has 1 aliphatic rings. The van der Waals surface area contributed by atoms with Gasteiger partial charge in [0.1, 0.15) is 11.5 Å². The number of hydrogen-bond donors (Lipinski definition) is 1. The van der Waals surface area contributed by atoms with Crippen LogP contribution < -0.4 is 5.73 Å². The van der Waals surface area contributed by atoms with Gasteiger partial charge in [-0.15, -0.1) is 11.3 Å². The molecule has 0 radical (unpaired) electrons. The second-order valence-corrected chi connectivity index (χ2v) is 5.49. The third-order valence-corrected chi connectivity index (χ3v) is 4.48. The molecule has 0 saturated carbocycles. The lowest BCUT2D eigenvalue weighted by atomic mass is 10.1. The fraction of sp³-hybridized carbons (Fsp3) is 0.462. The van der Waals surface area contributed by atoms with E-state index in [-0.39, 0.29) is 0 Å². The van der Waals surface area contributed by atoms with Gasteiger partial charge in [-0.3, -0.25) is 0 Å². The summed E-state index contributed by atoms with van der Waals surface area (Å²) >= 11 is 1.76. The first-order valence-corrected chi connectivity index (χ1v) is 7.02. The molecule has 0 bridgehead atoms. The Hall–Kier alpha value is -1.13. The number of aromatic nitrogens is 2. The highest BCUT2D eigenvalue weighted by atomic mass is 32.1. The quantitative estimate of drug-likeness (QED) is 0.886. The first kappa shape index (κ1) is 11.0. The Morgan fingerprint density at radius 1 is 1.47 bits per heavy atom. The second-order valence-electron chi connectivity index (χ2n) is 4.57. The number of thiophene rings is 1. The number of nitrogens with zero attached hydrogens (tertiary/aromatic N) is 2. The first-order valence-electron chi connectivity index (χ1n) is 6.14. The molecule has 17 heavy (non-hydrogen) atoms. The lowest BCUT2D eigenvalue weighted by Gasteiger charge is -2.15. The Morgan fingerprint density at radius 2 is 2.35 bits per heavy atom. The van der Waals surface area contributed by atoms with E-state index < -0.39 is 0 Å². The van der Waals surface area contributed by atoms with Gasteiger partial charge >= 0.3 is 0 Å². The Bertz CT molecular complexity index is 539. The van der Waals surface area contributed by atoms with Gasteiger partial charge in [-0.2, -0.15) is 0 Å². The van der Waals surface area contributed by atoms with Crippen molar-refractivity contribution in [1.29, 1.82) is 0 Å². The molecule has 0 aliphatic carbocycles. The molecule has 0 unspecified atom stereocenters. The predicted octanol–water partition coefficient (Wildman–Crippen LogP) is 2.72. The van der Waals surface area contributed by atoms with Crippen LogP contribution in [0.3, 0.4) is 0 Å². The highest BCUT2D eigenvalue weighted by Crippen LogP contribution is 2.33.